The van der Waals surface area contributed by atoms with E-state index in [-0.39, 0.29) is 29.1 Å². The van der Waals surface area contributed by atoms with Gasteiger partial charge in [-0.05, 0) is 58.2 Å². The van der Waals surface area contributed by atoms with Crippen LogP contribution in [-0.4, -0.2) is 43.5 Å². The second-order valence-electron chi connectivity index (χ2n) is 7.59. The zero-order valence-corrected chi connectivity index (χ0v) is 18.7. The summed E-state index contributed by atoms with van der Waals surface area (Å²) in [6, 6.07) is 7.40. The van der Waals surface area contributed by atoms with Gasteiger partial charge in [-0.15, -0.1) is 0 Å². The van der Waals surface area contributed by atoms with E-state index in [4.69, 9.17) is 9.26 Å². The van der Waals surface area contributed by atoms with Gasteiger partial charge < -0.3 is 14.6 Å². The molecule has 1 aromatic carbocycles. The Morgan fingerprint density at radius 2 is 2.03 bits per heavy atom. The molecule has 0 bridgehead atoms. The molecule has 3 rings (SSSR count). The third-order valence-electron chi connectivity index (χ3n) is 5.37. The number of nitrogens with one attached hydrogen (secondary N) is 1. The molecule has 1 N–H and O–H groups in total. The number of ether oxygens (including phenoxy) is 1. The number of carbonyl (C=O) groups is 1. The summed E-state index contributed by atoms with van der Waals surface area (Å²) in [6.45, 7) is 8.15. The van der Waals surface area contributed by atoms with Crippen LogP contribution in [0.4, 0.5) is 0 Å². The van der Waals surface area contributed by atoms with E-state index >= 15 is 0 Å². The molecule has 30 heavy (non-hydrogen) atoms. The van der Waals surface area contributed by atoms with Crippen LogP contribution in [-0.2, 0) is 14.8 Å². The van der Waals surface area contributed by atoms with Crippen molar-refractivity contribution in [2.24, 2.45) is 5.92 Å². The van der Waals surface area contributed by atoms with Gasteiger partial charge in [0.1, 0.15) is 16.3 Å². The van der Waals surface area contributed by atoms with Gasteiger partial charge in [-0.25, -0.2) is 8.42 Å². The predicted molar refractivity (Wildman–Crippen MR) is 112 cm³/mol. The largest absolute Gasteiger partial charge is 0.494 e. The van der Waals surface area contributed by atoms with Crippen LogP contribution in [0.3, 0.4) is 0 Å². The van der Waals surface area contributed by atoms with Crippen molar-refractivity contribution in [1.82, 2.24) is 14.8 Å². The number of rotatable bonds is 7. The number of carbonyl (C=O) groups excluding carboxylic acids is 1. The summed E-state index contributed by atoms with van der Waals surface area (Å²) < 4.78 is 38.0. The van der Waals surface area contributed by atoms with E-state index < -0.39 is 15.9 Å². The summed E-state index contributed by atoms with van der Waals surface area (Å²) in [5, 5.41) is 6.77. The Kier molecular flexibility index (Phi) is 6.82. The quantitative estimate of drug-likeness (QED) is 0.717. The fourth-order valence-corrected chi connectivity index (χ4v) is 5.60. The number of benzene rings is 1. The van der Waals surface area contributed by atoms with Gasteiger partial charge in [0.25, 0.3) is 0 Å². The van der Waals surface area contributed by atoms with Gasteiger partial charge in [0, 0.05) is 13.1 Å². The van der Waals surface area contributed by atoms with E-state index in [0.29, 0.717) is 31.7 Å². The number of aromatic nitrogens is 1. The van der Waals surface area contributed by atoms with Crippen LogP contribution in [0.5, 0.6) is 5.75 Å². The fourth-order valence-electron chi connectivity index (χ4n) is 3.78. The number of piperidine rings is 1. The lowest BCUT2D eigenvalue weighted by atomic mass is 9.98. The molecule has 2 aromatic rings. The molecular formula is C21H29N3O5S. The number of nitrogens with zero attached hydrogens (tertiary/aromatic N) is 2. The third kappa shape index (κ3) is 4.67. The summed E-state index contributed by atoms with van der Waals surface area (Å²) in [5.74, 6) is 0.504. The molecule has 9 heteroatoms. The molecule has 164 valence electrons. The lowest BCUT2D eigenvalue weighted by Crippen LogP contribution is -2.46. The number of sulfonamides is 1. The standard InChI is InChI=1S/C21H29N3O5S/c1-5-28-19-10-8-17(9-11-19)14(2)22-21(25)18-7-6-12-24(13-18)30(26,27)20-15(3)23-29-16(20)4/h8-11,14,18H,5-7,12-13H2,1-4H3,(H,22,25). The lowest BCUT2D eigenvalue weighted by Gasteiger charge is -2.31. The maximum absolute atomic E-state index is 13.1. The van der Waals surface area contributed by atoms with Crippen molar-refractivity contribution >= 4 is 15.9 Å². The molecule has 8 nitrogen and oxygen atoms in total. The minimum atomic E-state index is -3.75. The maximum Gasteiger partial charge on any atom is 0.248 e. The summed E-state index contributed by atoms with van der Waals surface area (Å²) in [7, 11) is -3.75. The van der Waals surface area contributed by atoms with Gasteiger partial charge in [-0.3, -0.25) is 4.79 Å². The Labute approximate surface area is 177 Å². The van der Waals surface area contributed by atoms with Crippen molar-refractivity contribution in [3.05, 3.63) is 41.3 Å². The molecule has 2 unspecified atom stereocenters. The van der Waals surface area contributed by atoms with Gasteiger partial charge in [0.05, 0.1) is 18.6 Å². The molecule has 0 radical (unpaired) electrons. The Hall–Kier alpha value is -2.39. The number of hydrogen-bond acceptors (Lipinski definition) is 6. The fraction of sp³-hybridized carbons (Fsp3) is 0.524. The normalized spacial score (nSPS) is 18.7. The van der Waals surface area contributed by atoms with E-state index in [9.17, 15) is 13.2 Å². The molecule has 0 aliphatic carbocycles. The van der Waals surface area contributed by atoms with Crippen LogP contribution in [0.15, 0.2) is 33.7 Å². The minimum absolute atomic E-state index is 0.103. The molecule has 2 atom stereocenters. The summed E-state index contributed by atoms with van der Waals surface area (Å²) >= 11 is 0. The molecule has 1 saturated heterocycles. The SMILES string of the molecule is CCOc1ccc(C(C)NC(=O)C2CCCN(S(=O)(=O)c3c(C)noc3C)C2)cc1. The number of hydrogen-bond donors (Lipinski definition) is 1. The zero-order chi connectivity index (χ0) is 21.9. The van der Waals surface area contributed by atoms with E-state index in [1.807, 2.05) is 38.1 Å². The van der Waals surface area contributed by atoms with Crippen LogP contribution < -0.4 is 10.1 Å². The van der Waals surface area contributed by atoms with Crippen molar-refractivity contribution in [2.45, 2.75) is 51.5 Å². The Balaban J connectivity index is 1.67. The Morgan fingerprint density at radius 1 is 1.33 bits per heavy atom. The van der Waals surface area contributed by atoms with Crippen molar-refractivity contribution < 1.29 is 22.5 Å². The van der Waals surface area contributed by atoms with Gasteiger partial charge in [-0.1, -0.05) is 17.3 Å². The van der Waals surface area contributed by atoms with Crippen LogP contribution in [0.1, 0.15) is 49.7 Å². The first-order valence-corrected chi connectivity index (χ1v) is 11.6. The highest BCUT2D eigenvalue weighted by atomic mass is 32.2. The van der Waals surface area contributed by atoms with Crippen LogP contribution in [0.2, 0.25) is 0 Å². The monoisotopic (exact) mass is 435 g/mol. The first kappa shape index (κ1) is 22.3. The first-order valence-electron chi connectivity index (χ1n) is 10.2. The smallest absolute Gasteiger partial charge is 0.248 e. The van der Waals surface area contributed by atoms with E-state index in [1.54, 1.807) is 13.8 Å². The van der Waals surface area contributed by atoms with Crippen LogP contribution in [0, 0.1) is 19.8 Å². The van der Waals surface area contributed by atoms with Gasteiger partial charge >= 0.3 is 0 Å². The van der Waals surface area contributed by atoms with Crippen molar-refractivity contribution in [3.8, 4) is 5.75 Å². The molecule has 1 fully saturated rings. The molecule has 2 heterocycles. The van der Waals surface area contributed by atoms with E-state index in [1.165, 1.54) is 4.31 Å². The van der Waals surface area contributed by atoms with Crippen molar-refractivity contribution in [3.63, 3.8) is 0 Å². The molecule has 1 aliphatic heterocycles. The zero-order valence-electron chi connectivity index (χ0n) is 17.8. The van der Waals surface area contributed by atoms with Gasteiger partial charge in [0.15, 0.2) is 5.76 Å². The molecule has 1 aliphatic rings. The van der Waals surface area contributed by atoms with E-state index in [0.717, 1.165) is 11.3 Å². The van der Waals surface area contributed by atoms with Crippen LogP contribution in [0.25, 0.3) is 0 Å². The number of amides is 1. The second kappa shape index (κ2) is 9.18. The predicted octanol–water partition coefficient (Wildman–Crippen LogP) is 2.97. The van der Waals surface area contributed by atoms with Crippen molar-refractivity contribution in [1.29, 1.82) is 0 Å². The summed E-state index contributed by atoms with van der Waals surface area (Å²) in [6.07, 6.45) is 1.27. The molecule has 1 amide bonds. The Bertz CT molecular complexity index is 965. The van der Waals surface area contributed by atoms with Crippen molar-refractivity contribution in [2.75, 3.05) is 19.7 Å². The van der Waals surface area contributed by atoms with Gasteiger partial charge in [-0.2, -0.15) is 4.31 Å². The highest BCUT2D eigenvalue weighted by Gasteiger charge is 2.36. The average Bonchev–Trinajstić information content (AvgIpc) is 3.07. The molecule has 1 aromatic heterocycles. The molecule has 0 spiro atoms. The Morgan fingerprint density at radius 3 is 2.63 bits per heavy atom. The average molecular weight is 436 g/mol. The highest BCUT2D eigenvalue weighted by Crippen LogP contribution is 2.28. The van der Waals surface area contributed by atoms with Crippen LogP contribution >= 0.6 is 0 Å². The van der Waals surface area contributed by atoms with Gasteiger partial charge in [0.2, 0.25) is 15.9 Å². The second-order valence-corrected chi connectivity index (χ2v) is 9.46. The summed E-state index contributed by atoms with van der Waals surface area (Å²) in [5.41, 5.74) is 1.30. The number of aryl methyl sites for hydroxylation is 2. The minimum Gasteiger partial charge on any atom is -0.494 e. The molecule has 0 saturated carbocycles. The highest BCUT2D eigenvalue weighted by molar-refractivity contribution is 7.89. The first-order chi connectivity index (χ1) is 14.2. The molecular weight excluding hydrogens is 406 g/mol. The summed E-state index contributed by atoms with van der Waals surface area (Å²) in [4.78, 5) is 13.0. The third-order valence-corrected chi connectivity index (χ3v) is 7.48. The lowest BCUT2D eigenvalue weighted by molar-refractivity contribution is -0.126. The van der Waals surface area contributed by atoms with E-state index in [2.05, 4.69) is 10.5 Å². The topological polar surface area (TPSA) is 102 Å². The maximum atomic E-state index is 13.1.